The molecule has 33 heavy (non-hydrogen) atoms. The molecule has 1 aliphatic carbocycles. The number of benzene rings is 1. The van der Waals surface area contributed by atoms with Gasteiger partial charge in [0.15, 0.2) is 0 Å². The summed E-state index contributed by atoms with van der Waals surface area (Å²) in [6.07, 6.45) is 2.23. The zero-order chi connectivity index (χ0) is 23.8. The number of carbonyl (C=O) groups is 1. The van der Waals surface area contributed by atoms with Crippen molar-refractivity contribution < 1.29 is 18.0 Å². The normalized spacial score (nSPS) is 23.3. The second-order valence-corrected chi connectivity index (χ2v) is 9.27. The maximum absolute atomic E-state index is 13.3. The molecule has 4 N–H and O–H groups in total. The van der Waals surface area contributed by atoms with Gasteiger partial charge in [0.1, 0.15) is 12.1 Å². The third-order valence-corrected chi connectivity index (χ3v) is 7.21. The van der Waals surface area contributed by atoms with Crippen molar-refractivity contribution in [2.24, 2.45) is 17.4 Å². The van der Waals surface area contributed by atoms with Crippen molar-refractivity contribution >= 4 is 22.6 Å². The highest BCUT2D eigenvalue weighted by atomic mass is 19.4. The molecule has 0 radical (unpaired) electrons. The van der Waals surface area contributed by atoms with E-state index in [-0.39, 0.29) is 24.0 Å². The second-order valence-electron chi connectivity index (χ2n) is 9.27. The Bertz CT molecular complexity index is 986. The lowest BCUT2D eigenvalue weighted by Gasteiger charge is -2.50. The monoisotopic (exact) mass is 464 g/mol. The molecule has 10 heteroatoms. The minimum absolute atomic E-state index is 0.0548. The zero-order valence-electron chi connectivity index (χ0n) is 18.8. The van der Waals surface area contributed by atoms with Crippen LogP contribution in [0.15, 0.2) is 24.5 Å². The van der Waals surface area contributed by atoms with Gasteiger partial charge in [-0.3, -0.25) is 9.69 Å². The number of carbonyl (C=O) groups excluding carboxylic acids is 1. The summed E-state index contributed by atoms with van der Waals surface area (Å²) < 4.78 is 39.9. The fraction of sp³-hybridized carbons (Fsp3) is 0.609. The summed E-state index contributed by atoms with van der Waals surface area (Å²) in [5.41, 5.74) is 11.3. The summed E-state index contributed by atoms with van der Waals surface area (Å²) in [5.74, 6) is 0.332. The van der Waals surface area contributed by atoms with Gasteiger partial charge in [0, 0.05) is 30.6 Å². The molecule has 1 aromatic heterocycles. The maximum atomic E-state index is 13.3. The number of hydrogen-bond acceptors (Lipinski definition) is 6. The lowest BCUT2D eigenvalue weighted by molar-refractivity contribution is -0.137. The number of likely N-dealkylation sites (tertiary alicyclic amines) is 1. The number of alkyl halides is 3. The van der Waals surface area contributed by atoms with E-state index >= 15 is 0 Å². The molecule has 2 heterocycles. The Morgan fingerprint density at radius 3 is 2.52 bits per heavy atom. The predicted molar refractivity (Wildman–Crippen MR) is 120 cm³/mol. The maximum Gasteiger partial charge on any atom is 0.416 e. The second kappa shape index (κ2) is 9.42. The Hall–Kier alpha value is -2.46. The van der Waals surface area contributed by atoms with E-state index in [4.69, 9.17) is 11.5 Å². The summed E-state index contributed by atoms with van der Waals surface area (Å²) in [7, 11) is 0. The molecule has 1 saturated heterocycles. The van der Waals surface area contributed by atoms with E-state index in [0.717, 1.165) is 44.2 Å². The van der Waals surface area contributed by atoms with E-state index in [1.165, 1.54) is 12.4 Å². The van der Waals surface area contributed by atoms with Gasteiger partial charge in [-0.25, -0.2) is 9.97 Å². The molecule has 2 fully saturated rings. The average Bonchev–Trinajstić information content (AvgIpc) is 2.75. The van der Waals surface area contributed by atoms with Gasteiger partial charge in [0.25, 0.3) is 0 Å². The quantitative estimate of drug-likeness (QED) is 0.654. The Morgan fingerprint density at radius 1 is 1.21 bits per heavy atom. The van der Waals surface area contributed by atoms with Gasteiger partial charge < -0.3 is 16.4 Å². The minimum Gasteiger partial charge on any atom is -0.368 e. The van der Waals surface area contributed by atoms with Crippen LogP contribution in [0, 0.1) is 5.92 Å². The molecule has 4 rings (SSSR count). The summed E-state index contributed by atoms with van der Waals surface area (Å²) in [5, 5.41) is 0.265. The van der Waals surface area contributed by atoms with Gasteiger partial charge in [0.2, 0.25) is 5.91 Å². The molecule has 0 unspecified atom stereocenters. The van der Waals surface area contributed by atoms with E-state index in [9.17, 15) is 18.0 Å². The molecule has 2 aromatic rings. The van der Waals surface area contributed by atoms with Gasteiger partial charge in [0.05, 0.1) is 23.7 Å². The molecule has 1 amide bonds. The lowest BCUT2D eigenvalue weighted by atomic mass is 9.79. The highest BCUT2D eigenvalue weighted by molar-refractivity contribution is 5.92. The van der Waals surface area contributed by atoms with Crippen LogP contribution in [0.2, 0.25) is 0 Å². The standard InChI is InChI=1S/C23H31F3N6O/c1-2-19(27)14-3-6-16(7-4-14)31-10-17(11-31)32(12-21(28)33)22-18-9-15(23(24,25)26)5-8-20(18)29-13-30-22/h5,8-9,13-14,16-17,19H,2-4,6-7,10-12,27H2,1H3,(H2,28,33)/t14?,16?,19-/m0/s1. The fourth-order valence-electron chi connectivity index (χ4n) is 5.20. The van der Waals surface area contributed by atoms with Gasteiger partial charge in [-0.05, 0) is 56.2 Å². The Morgan fingerprint density at radius 2 is 1.91 bits per heavy atom. The number of primary amides is 1. The fourth-order valence-corrected chi connectivity index (χ4v) is 5.20. The van der Waals surface area contributed by atoms with Gasteiger partial charge in [-0.1, -0.05) is 6.92 Å². The van der Waals surface area contributed by atoms with Crippen LogP contribution in [0.4, 0.5) is 19.0 Å². The highest BCUT2D eigenvalue weighted by Crippen LogP contribution is 2.36. The molecule has 1 saturated carbocycles. The smallest absolute Gasteiger partial charge is 0.368 e. The van der Waals surface area contributed by atoms with Crippen LogP contribution in [0.3, 0.4) is 0 Å². The number of fused-ring (bicyclic) bond motifs is 1. The van der Waals surface area contributed by atoms with Crippen LogP contribution in [-0.2, 0) is 11.0 Å². The zero-order valence-corrected chi connectivity index (χ0v) is 18.8. The molecule has 7 nitrogen and oxygen atoms in total. The van der Waals surface area contributed by atoms with Crippen molar-refractivity contribution in [2.75, 3.05) is 24.5 Å². The number of anilines is 1. The molecule has 0 spiro atoms. The topological polar surface area (TPSA) is 101 Å². The number of nitrogens with two attached hydrogens (primary N) is 2. The minimum atomic E-state index is -4.48. The van der Waals surface area contributed by atoms with Crippen molar-refractivity contribution in [2.45, 2.75) is 63.3 Å². The van der Waals surface area contributed by atoms with Crippen molar-refractivity contribution in [3.05, 3.63) is 30.1 Å². The number of hydrogen-bond donors (Lipinski definition) is 2. The molecule has 0 bridgehead atoms. The van der Waals surface area contributed by atoms with E-state index in [2.05, 4.69) is 21.8 Å². The molecular formula is C23H31F3N6O. The third kappa shape index (κ3) is 5.06. The summed E-state index contributed by atoms with van der Waals surface area (Å²) >= 11 is 0. The molecule has 180 valence electrons. The first kappa shape index (κ1) is 23.7. The van der Waals surface area contributed by atoms with Crippen LogP contribution >= 0.6 is 0 Å². The van der Waals surface area contributed by atoms with Crippen molar-refractivity contribution in [3.8, 4) is 0 Å². The van der Waals surface area contributed by atoms with E-state index in [1.807, 2.05) is 0 Å². The van der Waals surface area contributed by atoms with Crippen LogP contribution < -0.4 is 16.4 Å². The Kier molecular flexibility index (Phi) is 6.76. The molecule has 2 aliphatic rings. The summed E-state index contributed by atoms with van der Waals surface area (Å²) in [4.78, 5) is 24.3. The Balaban J connectivity index is 1.51. The number of nitrogens with zero attached hydrogens (tertiary/aromatic N) is 4. The first-order chi connectivity index (χ1) is 15.7. The number of amides is 1. The van der Waals surface area contributed by atoms with Gasteiger partial charge >= 0.3 is 6.18 Å². The van der Waals surface area contributed by atoms with Crippen molar-refractivity contribution in [1.82, 2.24) is 14.9 Å². The largest absolute Gasteiger partial charge is 0.416 e. The molecule has 1 aliphatic heterocycles. The molecule has 1 atom stereocenters. The van der Waals surface area contributed by atoms with E-state index < -0.39 is 17.6 Å². The third-order valence-electron chi connectivity index (χ3n) is 7.21. The lowest BCUT2D eigenvalue weighted by Crippen LogP contribution is -2.64. The first-order valence-electron chi connectivity index (χ1n) is 11.5. The van der Waals surface area contributed by atoms with Crippen LogP contribution in [-0.4, -0.2) is 58.5 Å². The number of aromatic nitrogens is 2. The molecular weight excluding hydrogens is 433 g/mol. The SMILES string of the molecule is CC[C@H](N)C1CCC(N2CC(N(CC(N)=O)c3ncnc4ccc(C(F)(F)F)cc34)C2)CC1. The highest BCUT2D eigenvalue weighted by Gasteiger charge is 2.39. The van der Waals surface area contributed by atoms with E-state index in [1.54, 1.807) is 4.90 Å². The Labute approximate surface area is 191 Å². The van der Waals surface area contributed by atoms with Gasteiger partial charge in [-0.15, -0.1) is 0 Å². The molecule has 1 aromatic carbocycles. The van der Waals surface area contributed by atoms with Crippen LogP contribution in [0.5, 0.6) is 0 Å². The summed E-state index contributed by atoms with van der Waals surface area (Å²) in [6.45, 7) is 3.44. The van der Waals surface area contributed by atoms with E-state index in [0.29, 0.717) is 36.4 Å². The number of halogens is 3. The predicted octanol–water partition coefficient (Wildman–Crippen LogP) is 2.92. The average molecular weight is 465 g/mol. The van der Waals surface area contributed by atoms with Gasteiger partial charge in [-0.2, -0.15) is 13.2 Å². The van der Waals surface area contributed by atoms with Crippen molar-refractivity contribution in [1.29, 1.82) is 0 Å². The number of rotatable bonds is 7. The van der Waals surface area contributed by atoms with Crippen molar-refractivity contribution in [3.63, 3.8) is 0 Å². The first-order valence-corrected chi connectivity index (χ1v) is 11.5. The van der Waals surface area contributed by atoms with Crippen LogP contribution in [0.25, 0.3) is 10.9 Å². The summed E-state index contributed by atoms with van der Waals surface area (Å²) in [6, 6.07) is 4.06. The van der Waals surface area contributed by atoms with Crippen LogP contribution in [0.1, 0.15) is 44.6 Å².